The lowest BCUT2D eigenvalue weighted by atomic mass is 9.98. The third-order valence-corrected chi connectivity index (χ3v) is 6.15. The van der Waals surface area contributed by atoms with Crippen LogP contribution in [-0.2, 0) is 0 Å². The highest BCUT2D eigenvalue weighted by molar-refractivity contribution is 7.80. The van der Waals surface area contributed by atoms with Crippen LogP contribution < -0.4 is 10.6 Å². The van der Waals surface area contributed by atoms with E-state index in [0.29, 0.717) is 27.5 Å². The van der Waals surface area contributed by atoms with Gasteiger partial charge in [0, 0.05) is 16.3 Å². The van der Waals surface area contributed by atoms with Crippen molar-refractivity contribution in [1.82, 2.24) is 10.3 Å². The molecule has 0 fully saturated rings. The summed E-state index contributed by atoms with van der Waals surface area (Å²) in [5, 5.41) is 6.43. The van der Waals surface area contributed by atoms with Gasteiger partial charge in [0.25, 0.3) is 5.91 Å². The zero-order chi connectivity index (χ0) is 23.5. The maximum absolute atomic E-state index is 12.4. The van der Waals surface area contributed by atoms with E-state index in [9.17, 15) is 4.79 Å². The van der Waals surface area contributed by atoms with Gasteiger partial charge in [0.2, 0.25) is 5.89 Å². The number of nitrogens with zero attached hydrogens (tertiary/aromatic N) is 1. The van der Waals surface area contributed by atoms with Crippen LogP contribution in [0.25, 0.3) is 22.6 Å². The number of hydrogen-bond acceptors (Lipinski definition) is 4. The number of thiocarbonyl (C=S) groups is 1. The topological polar surface area (TPSA) is 67.2 Å². The highest BCUT2D eigenvalue weighted by Gasteiger charge is 2.14. The summed E-state index contributed by atoms with van der Waals surface area (Å²) < 4.78 is 5.93. The number of aromatic nitrogens is 1. The van der Waals surface area contributed by atoms with Gasteiger partial charge >= 0.3 is 0 Å². The van der Waals surface area contributed by atoms with Crippen LogP contribution in [0.5, 0.6) is 0 Å². The molecule has 0 bridgehead atoms. The Labute approximate surface area is 207 Å². The summed E-state index contributed by atoms with van der Waals surface area (Å²) in [6.07, 6.45) is 1.07. The molecule has 33 heavy (non-hydrogen) atoms. The van der Waals surface area contributed by atoms with Crippen molar-refractivity contribution in [2.45, 2.75) is 26.2 Å². The molecule has 0 spiro atoms. The van der Waals surface area contributed by atoms with Crippen LogP contribution in [0.15, 0.2) is 65.1 Å². The summed E-state index contributed by atoms with van der Waals surface area (Å²) in [6, 6.07) is 18.2. The molecule has 0 saturated heterocycles. The lowest BCUT2D eigenvalue weighted by Crippen LogP contribution is -2.34. The van der Waals surface area contributed by atoms with Gasteiger partial charge in [-0.15, -0.1) is 0 Å². The second-order valence-corrected chi connectivity index (χ2v) is 8.92. The number of hydrogen-bond donors (Lipinski definition) is 2. The van der Waals surface area contributed by atoms with Crippen LogP contribution in [0, 0.1) is 0 Å². The molecule has 1 heterocycles. The Morgan fingerprint density at radius 2 is 1.85 bits per heavy atom. The lowest BCUT2D eigenvalue weighted by Gasteiger charge is -2.11. The molecule has 0 aliphatic rings. The van der Waals surface area contributed by atoms with E-state index in [1.54, 1.807) is 12.1 Å². The number of benzene rings is 3. The molecule has 0 radical (unpaired) electrons. The van der Waals surface area contributed by atoms with Crippen molar-refractivity contribution < 1.29 is 9.21 Å². The summed E-state index contributed by atoms with van der Waals surface area (Å²) in [5.41, 5.74) is 4.63. The molecule has 4 rings (SSSR count). The molecule has 1 amide bonds. The molecule has 8 heteroatoms. The number of carbonyl (C=O) groups excluding carboxylic acids is 1. The largest absolute Gasteiger partial charge is 0.436 e. The van der Waals surface area contributed by atoms with Gasteiger partial charge in [-0.1, -0.05) is 43.1 Å². The Balaban J connectivity index is 1.44. The number of oxazole rings is 1. The fourth-order valence-electron chi connectivity index (χ4n) is 3.31. The van der Waals surface area contributed by atoms with Crippen LogP contribution in [0.3, 0.4) is 0 Å². The van der Waals surface area contributed by atoms with Crippen molar-refractivity contribution in [1.29, 1.82) is 0 Å². The van der Waals surface area contributed by atoms with Gasteiger partial charge in [-0.3, -0.25) is 10.1 Å². The minimum atomic E-state index is -0.445. The lowest BCUT2D eigenvalue weighted by molar-refractivity contribution is 0.0978. The normalized spacial score (nSPS) is 11.9. The standard InChI is InChI=1S/C25H21Cl2N3O2S/c1-3-14(2)16-6-11-22-21(12-16)29-24(32-22)15-4-8-18(9-5-15)28-25(33)30-23(31)19-13-17(26)7-10-20(19)27/h4-14H,3H2,1-2H3,(H2,28,30,31,33)/t14-/m1/s1. The van der Waals surface area contributed by atoms with E-state index in [1.165, 1.54) is 11.6 Å². The molecule has 0 unspecified atom stereocenters. The highest BCUT2D eigenvalue weighted by Crippen LogP contribution is 2.28. The SMILES string of the molecule is CC[C@@H](C)c1ccc2oc(-c3ccc(NC(=S)NC(=O)c4cc(Cl)ccc4Cl)cc3)nc2c1. The predicted octanol–water partition coefficient (Wildman–Crippen LogP) is 7.44. The van der Waals surface area contributed by atoms with Gasteiger partial charge in [-0.2, -0.15) is 0 Å². The summed E-state index contributed by atoms with van der Waals surface area (Å²) >= 11 is 17.3. The van der Waals surface area contributed by atoms with Crippen molar-refractivity contribution in [2.24, 2.45) is 0 Å². The van der Waals surface area contributed by atoms with Crippen molar-refractivity contribution in [3.8, 4) is 11.5 Å². The zero-order valence-electron chi connectivity index (χ0n) is 18.0. The number of fused-ring (bicyclic) bond motifs is 1. The number of nitrogens with one attached hydrogen (secondary N) is 2. The first-order valence-electron chi connectivity index (χ1n) is 10.4. The molecule has 168 valence electrons. The third-order valence-electron chi connectivity index (χ3n) is 5.38. The number of anilines is 1. The Morgan fingerprint density at radius 1 is 1.09 bits per heavy atom. The van der Waals surface area contributed by atoms with E-state index < -0.39 is 5.91 Å². The van der Waals surface area contributed by atoms with Crippen molar-refractivity contribution >= 4 is 63.2 Å². The summed E-state index contributed by atoms with van der Waals surface area (Å²) in [6.45, 7) is 4.37. The first kappa shape index (κ1) is 23.2. The second kappa shape index (κ2) is 9.91. The van der Waals surface area contributed by atoms with Gasteiger partial charge in [-0.25, -0.2) is 4.98 Å². The number of halogens is 2. The second-order valence-electron chi connectivity index (χ2n) is 7.67. The Kier molecular flexibility index (Phi) is 6.98. The molecule has 0 aliphatic carbocycles. The van der Waals surface area contributed by atoms with Crippen molar-refractivity contribution in [3.63, 3.8) is 0 Å². The van der Waals surface area contributed by atoms with Gasteiger partial charge < -0.3 is 9.73 Å². The van der Waals surface area contributed by atoms with Crippen LogP contribution >= 0.6 is 35.4 Å². The van der Waals surface area contributed by atoms with E-state index >= 15 is 0 Å². The quantitative estimate of drug-likeness (QED) is 0.280. The van der Waals surface area contributed by atoms with E-state index in [4.69, 9.17) is 39.8 Å². The highest BCUT2D eigenvalue weighted by atomic mass is 35.5. The molecule has 4 aromatic rings. The summed E-state index contributed by atoms with van der Waals surface area (Å²) in [5.74, 6) is 0.573. The number of amides is 1. The maximum Gasteiger partial charge on any atom is 0.258 e. The fraction of sp³-hybridized carbons (Fsp3) is 0.160. The van der Waals surface area contributed by atoms with E-state index in [0.717, 1.165) is 23.1 Å². The average Bonchev–Trinajstić information content (AvgIpc) is 3.23. The van der Waals surface area contributed by atoms with E-state index in [-0.39, 0.29) is 10.7 Å². The van der Waals surface area contributed by atoms with E-state index in [1.807, 2.05) is 30.3 Å². The molecule has 1 atom stereocenters. The Hall–Kier alpha value is -2.93. The van der Waals surface area contributed by atoms with Gasteiger partial charge in [0.05, 0.1) is 10.6 Å². The minimum Gasteiger partial charge on any atom is -0.436 e. The molecule has 0 aliphatic heterocycles. The molecular formula is C25H21Cl2N3O2S. The Bertz CT molecular complexity index is 1340. The van der Waals surface area contributed by atoms with Crippen LogP contribution in [0.2, 0.25) is 10.0 Å². The molecule has 0 saturated carbocycles. The van der Waals surface area contributed by atoms with Gasteiger partial charge in [0.15, 0.2) is 10.7 Å². The fourth-order valence-corrected chi connectivity index (χ4v) is 3.90. The third kappa shape index (κ3) is 5.36. The summed E-state index contributed by atoms with van der Waals surface area (Å²) in [4.78, 5) is 17.1. The van der Waals surface area contributed by atoms with E-state index in [2.05, 4.69) is 41.6 Å². The van der Waals surface area contributed by atoms with Crippen molar-refractivity contribution in [2.75, 3.05) is 5.32 Å². The number of rotatable bonds is 5. The molecule has 1 aromatic heterocycles. The van der Waals surface area contributed by atoms with Gasteiger partial charge in [0.1, 0.15) is 5.52 Å². The number of carbonyl (C=O) groups is 1. The minimum absolute atomic E-state index is 0.142. The average molecular weight is 498 g/mol. The first-order valence-corrected chi connectivity index (χ1v) is 11.6. The first-order chi connectivity index (χ1) is 15.8. The van der Waals surface area contributed by atoms with Crippen LogP contribution in [-0.4, -0.2) is 16.0 Å². The van der Waals surface area contributed by atoms with Crippen LogP contribution in [0.4, 0.5) is 5.69 Å². The Morgan fingerprint density at radius 3 is 2.58 bits per heavy atom. The molecular weight excluding hydrogens is 477 g/mol. The maximum atomic E-state index is 12.4. The van der Waals surface area contributed by atoms with Crippen LogP contribution in [0.1, 0.15) is 42.1 Å². The summed E-state index contributed by atoms with van der Waals surface area (Å²) in [7, 11) is 0. The zero-order valence-corrected chi connectivity index (χ0v) is 20.3. The molecule has 3 aromatic carbocycles. The van der Waals surface area contributed by atoms with Crippen molar-refractivity contribution in [3.05, 3.63) is 81.8 Å². The molecule has 2 N–H and O–H groups in total. The van der Waals surface area contributed by atoms with Gasteiger partial charge in [-0.05, 0) is 84.7 Å². The predicted molar refractivity (Wildman–Crippen MR) is 138 cm³/mol. The molecule has 5 nitrogen and oxygen atoms in total. The smallest absolute Gasteiger partial charge is 0.258 e. The monoisotopic (exact) mass is 497 g/mol.